The maximum atomic E-state index is 13.6. The Balaban J connectivity index is 2.05. The molecule has 0 radical (unpaired) electrons. The van der Waals surface area contributed by atoms with E-state index in [0.717, 1.165) is 16.7 Å². The lowest BCUT2D eigenvalue weighted by Crippen LogP contribution is -2.15. The number of hydrogen-bond donors (Lipinski definition) is 0. The fraction of sp³-hybridized carbons (Fsp3) is 0.250. The number of rotatable bonds is 5. The predicted molar refractivity (Wildman–Crippen MR) is 96.7 cm³/mol. The van der Waals surface area contributed by atoms with E-state index in [2.05, 4.69) is 10.1 Å². The Bertz CT molecular complexity index is 917. The molecule has 1 heterocycles. The normalized spacial score (nSPS) is 11.0. The summed E-state index contributed by atoms with van der Waals surface area (Å²) >= 11 is 0. The average Bonchev–Trinajstić information content (AvgIpc) is 3.04. The third kappa shape index (κ3) is 3.79. The molecule has 26 heavy (non-hydrogen) atoms. The molecule has 0 fully saturated rings. The summed E-state index contributed by atoms with van der Waals surface area (Å²) in [4.78, 5) is 17.2. The zero-order chi connectivity index (χ0) is 18.7. The number of aromatic nitrogens is 3. The van der Waals surface area contributed by atoms with Gasteiger partial charge in [-0.3, -0.25) is 4.79 Å². The Hall–Kier alpha value is -3.02. The van der Waals surface area contributed by atoms with Crippen LogP contribution in [0.2, 0.25) is 0 Å². The van der Waals surface area contributed by atoms with Crippen LogP contribution in [-0.2, 0) is 6.42 Å². The average molecular weight is 353 g/mol. The van der Waals surface area contributed by atoms with Crippen LogP contribution in [0.4, 0.5) is 4.39 Å². The zero-order valence-corrected chi connectivity index (χ0v) is 14.9. The van der Waals surface area contributed by atoms with Crippen molar-refractivity contribution in [3.8, 4) is 17.4 Å². The maximum Gasteiger partial charge on any atom is 0.336 e. The number of aryl methyl sites for hydroxylation is 1. The van der Waals surface area contributed by atoms with Gasteiger partial charge in [0.25, 0.3) is 5.91 Å². The van der Waals surface area contributed by atoms with Crippen molar-refractivity contribution in [1.82, 2.24) is 14.8 Å². The van der Waals surface area contributed by atoms with Gasteiger partial charge in [0.1, 0.15) is 5.82 Å². The standard InChI is InChI=1S/C20H20FN3O2/c1-4-14-8-10-15(11-9-14)19(25)24-18(16-6-5-7-17(21)12-16)22-20(23-24)26-13(2)3/h5-13H,4H2,1-3H3. The van der Waals surface area contributed by atoms with Crippen LogP contribution in [0.25, 0.3) is 11.4 Å². The van der Waals surface area contributed by atoms with Crippen LogP contribution in [0.1, 0.15) is 36.7 Å². The first-order valence-corrected chi connectivity index (χ1v) is 8.51. The topological polar surface area (TPSA) is 57.0 Å². The Labute approximate surface area is 151 Å². The molecule has 0 N–H and O–H groups in total. The molecule has 0 amide bonds. The van der Waals surface area contributed by atoms with Crippen molar-refractivity contribution in [2.45, 2.75) is 33.3 Å². The van der Waals surface area contributed by atoms with Crippen LogP contribution >= 0.6 is 0 Å². The summed E-state index contributed by atoms with van der Waals surface area (Å²) in [6.07, 6.45) is 0.740. The molecule has 6 heteroatoms. The summed E-state index contributed by atoms with van der Waals surface area (Å²) in [7, 11) is 0. The summed E-state index contributed by atoms with van der Waals surface area (Å²) in [5.74, 6) is -0.522. The molecule has 0 saturated heterocycles. The lowest BCUT2D eigenvalue weighted by atomic mass is 10.1. The third-order valence-corrected chi connectivity index (χ3v) is 3.81. The molecule has 3 aromatic rings. The summed E-state index contributed by atoms with van der Waals surface area (Å²) in [6, 6.07) is 13.3. The second-order valence-electron chi connectivity index (χ2n) is 6.16. The molecule has 0 unspecified atom stereocenters. The van der Waals surface area contributed by atoms with Crippen molar-refractivity contribution in [2.75, 3.05) is 0 Å². The molecule has 0 aliphatic rings. The van der Waals surface area contributed by atoms with Crippen molar-refractivity contribution < 1.29 is 13.9 Å². The van der Waals surface area contributed by atoms with Crippen LogP contribution in [0.15, 0.2) is 48.5 Å². The van der Waals surface area contributed by atoms with Gasteiger partial charge in [-0.1, -0.05) is 31.2 Å². The summed E-state index contributed by atoms with van der Waals surface area (Å²) in [5, 5.41) is 4.19. The highest BCUT2D eigenvalue weighted by Crippen LogP contribution is 2.22. The van der Waals surface area contributed by atoms with Gasteiger partial charge in [0, 0.05) is 11.1 Å². The second-order valence-corrected chi connectivity index (χ2v) is 6.16. The Kier molecular flexibility index (Phi) is 5.11. The van der Waals surface area contributed by atoms with Gasteiger partial charge >= 0.3 is 6.01 Å². The Morgan fingerprint density at radius 3 is 2.54 bits per heavy atom. The van der Waals surface area contributed by atoms with E-state index < -0.39 is 5.82 Å². The quantitative estimate of drug-likeness (QED) is 0.692. The molecular formula is C20H20FN3O2. The van der Waals surface area contributed by atoms with E-state index in [9.17, 15) is 9.18 Å². The zero-order valence-electron chi connectivity index (χ0n) is 14.9. The fourth-order valence-corrected chi connectivity index (χ4v) is 2.52. The molecular weight excluding hydrogens is 333 g/mol. The largest absolute Gasteiger partial charge is 0.460 e. The van der Waals surface area contributed by atoms with Crippen LogP contribution < -0.4 is 4.74 Å². The SMILES string of the molecule is CCc1ccc(C(=O)n2nc(OC(C)C)nc2-c2cccc(F)c2)cc1. The summed E-state index contributed by atoms with van der Waals surface area (Å²) < 4.78 is 20.3. The minimum atomic E-state index is -0.414. The van der Waals surface area contributed by atoms with E-state index in [1.807, 2.05) is 32.9 Å². The summed E-state index contributed by atoms with van der Waals surface area (Å²) in [6.45, 7) is 5.73. The third-order valence-electron chi connectivity index (χ3n) is 3.81. The van der Waals surface area contributed by atoms with E-state index >= 15 is 0 Å². The molecule has 0 spiro atoms. The Morgan fingerprint density at radius 2 is 1.92 bits per heavy atom. The van der Waals surface area contributed by atoms with Gasteiger partial charge in [-0.15, -0.1) is 5.10 Å². The van der Waals surface area contributed by atoms with E-state index in [1.165, 1.54) is 12.1 Å². The molecule has 0 atom stereocenters. The number of benzene rings is 2. The van der Waals surface area contributed by atoms with Crippen LogP contribution in [0, 0.1) is 5.82 Å². The first-order chi connectivity index (χ1) is 12.5. The van der Waals surface area contributed by atoms with Crippen molar-refractivity contribution in [3.05, 3.63) is 65.5 Å². The number of carbonyl (C=O) groups excluding carboxylic acids is 1. The lowest BCUT2D eigenvalue weighted by Gasteiger charge is -2.05. The minimum absolute atomic E-state index is 0.0813. The lowest BCUT2D eigenvalue weighted by molar-refractivity contribution is 0.0943. The van der Waals surface area contributed by atoms with Crippen LogP contribution in [-0.4, -0.2) is 26.8 Å². The van der Waals surface area contributed by atoms with Gasteiger partial charge in [-0.05, 0) is 50.1 Å². The van der Waals surface area contributed by atoms with Crippen LogP contribution in [0.5, 0.6) is 6.01 Å². The van der Waals surface area contributed by atoms with Gasteiger partial charge in [0.15, 0.2) is 5.82 Å². The van der Waals surface area contributed by atoms with Gasteiger partial charge in [-0.25, -0.2) is 4.39 Å². The number of ether oxygens (including phenoxy) is 1. The van der Waals surface area contributed by atoms with E-state index in [1.54, 1.807) is 24.3 Å². The number of carbonyl (C=O) groups is 1. The summed E-state index contributed by atoms with van der Waals surface area (Å²) in [5.41, 5.74) is 2.06. The van der Waals surface area contributed by atoms with E-state index in [0.29, 0.717) is 11.1 Å². The number of hydrogen-bond acceptors (Lipinski definition) is 4. The highest BCUT2D eigenvalue weighted by atomic mass is 19.1. The van der Waals surface area contributed by atoms with Crippen molar-refractivity contribution in [3.63, 3.8) is 0 Å². The van der Waals surface area contributed by atoms with Gasteiger partial charge < -0.3 is 4.74 Å². The predicted octanol–water partition coefficient (Wildman–Crippen LogP) is 4.12. The van der Waals surface area contributed by atoms with Gasteiger partial charge in [0.05, 0.1) is 6.10 Å². The second kappa shape index (κ2) is 7.47. The Morgan fingerprint density at radius 1 is 1.19 bits per heavy atom. The molecule has 2 aromatic carbocycles. The van der Waals surface area contributed by atoms with Crippen LogP contribution in [0.3, 0.4) is 0 Å². The van der Waals surface area contributed by atoms with Crippen molar-refractivity contribution in [2.24, 2.45) is 0 Å². The van der Waals surface area contributed by atoms with Gasteiger partial charge in [-0.2, -0.15) is 9.67 Å². The molecule has 0 saturated carbocycles. The molecule has 3 rings (SSSR count). The van der Waals surface area contributed by atoms with Crippen molar-refractivity contribution >= 4 is 5.91 Å². The minimum Gasteiger partial charge on any atom is -0.460 e. The molecule has 1 aromatic heterocycles. The molecule has 134 valence electrons. The number of halogens is 1. The van der Waals surface area contributed by atoms with E-state index in [-0.39, 0.29) is 23.8 Å². The fourth-order valence-electron chi connectivity index (χ4n) is 2.52. The number of nitrogens with zero attached hydrogens (tertiary/aromatic N) is 3. The highest BCUT2D eigenvalue weighted by molar-refractivity contribution is 5.97. The van der Waals surface area contributed by atoms with Crippen molar-refractivity contribution in [1.29, 1.82) is 0 Å². The monoisotopic (exact) mass is 353 g/mol. The first kappa shape index (κ1) is 17.8. The first-order valence-electron chi connectivity index (χ1n) is 8.51. The smallest absolute Gasteiger partial charge is 0.336 e. The van der Waals surface area contributed by atoms with Gasteiger partial charge in [0.2, 0.25) is 0 Å². The molecule has 5 nitrogen and oxygen atoms in total. The van der Waals surface area contributed by atoms with E-state index in [4.69, 9.17) is 4.74 Å². The highest BCUT2D eigenvalue weighted by Gasteiger charge is 2.20. The molecule has 0 aliphatic carbocycles. The molecule has 0 aliphatic heterocycles. The maximum absolute atomic E-state index is 13.6. The molecule has 0 bridgehead atoms.